The van der Waals surface area contributed by atoms with Crippen LogP contribution in [0.2, 0.25) is 5.02 Å². The molecule has 28 heavy (non-hydrogen) atoms. The Labute approximate surface area is 166 Å². The number of alkyl halides is 3. The number of carbonyl (C=O) groups is 1. The quantitative estimate of drug-likeness (QED) is 0.717. The summed E-state index contributed by atoms with van der Waals surface area (Å²) in [7, 11) is 3.51. The van der Waals surface area contributed by atoms with E-state index in [0.29, 0.717) is 12.2 Å². The molecule has 3 rings (SSSR count). The number of nitrogens with zero attached hydrogens (tertiary/aromatic N) is 5. The fourth-order valence-corrected chi connectivity index (χ4v) is 3.71. The third-order valence-electron chi connectivity index (χ3n) is 5.18. The van der Waals surface area contributed by atoms with Crippen molar-refractivity contribution in [3.63, 3.8) is 0 Å². The molecule has 0 N–H and O–H groups in total. The minimum Gasteiger partial charge on any atom is -0.341 e. The van der Waals surface area contributed by atoms with Crippen LogP contribution in [0, 0.1) is 13.8 Å². The van der Waals surface area contributed by atoms with Crippen molar-refractivity contribution in [1.29, 1.82) is 0 Å². The van der Waals surface area contributed by atoms with E-state index < -0.39 is 11.9 Å². The molecular formula is C18H23ClF3N5O. The largest absolute Gasteiger partial charge is 0.436 e. The van der Waals surface area contributed by atoms with Gasteiger partial charge in [-0.3, -0.25) is 14.2 Å². The first-order valence-corrected chi connectivity index (χ1v) is 9.45. The molecule has 0 spiro atoms. The second-order valence-electron chi connectivity index (χ2n) is 7.32. The molecule has 0 unspecified atom stereocenters. The van der Waals surface area contributed by atoms with Crippen LogP contribution < -0.4 is 0 Å². The van der Waals surface area contributed by atoms with Gasteiger partial charge in [0, 0.05) is 44.2 Å². The number of halogens is 4. The summed E-state index contributed by atoms with van der Waals surface area (Å²) in [6.07, 6.45) is -2.99. The van der Waals surface area contributed by atoms with Gasteiger partial charge in [0.1, 0.15) is 0 Å². The number of amides is 1. The van der Waals surface area contributed by atoms with Crippen LogP contribution in [-0.4, -0.2) is 37.4 Å². The molecule has 1 fully saturated rings. The van der Waals surface area contributed by atoms with Crippen LogP contribution in [0.1, 0.15) is 53.5 Å². The van der Waals surface area contributed by atoms with Gasteiger partial charge in [-0.15, -0.1) is 0 Å². The minimum absolute atomic E-state index is 0.00961. The molecule has 1 amide bonds. The fourth-order valence-electron chi connectivity index (χ4n) is 3.32. The second kappa shape index (κ2) is 7.42. The summed E-state index contributed by atoms with van der Waals surface area (Å²) >= 11 is 5.96. The van der Waals surface area contributed by atoms with E-state index in [0.717, 1.165) is 29.8 Å². The third-order valence-corrected chi connectivity index (χ3v) is 5.55. The average Bonchev–Trinajstić information content (AvgIpc) is 3.33. The highest BCUT2D eigenvalue weighted by Gasteiger charge is 2.42. The van der Waals surface area contributed by atoms with Crippen molar-refractivity contribution >= 4 is 17.5 Å². The lowest BCUT2D eigenvalue weighted by Crippen LogP contribution is -2.28. The molecule has 6 nitrogen and oxygen atoms in total. The lowest BCUT2D eigenvalue weighted by Gasteiger charge is -2.18. The molecule has 2 aromatic heterocycles. The van der Waals surface area contributed by atoms with Gasteiger partial charge in [-0.1, -0.05) is 11.6 Å². The van der Waals surface area contributed by atoms with Gasteiger partial charge in [0.15, 0.2) is 5.69 Å². The van der Waals surface area contributed by atoms with Crippen LogP contribution in [0.5, 0.6) is 0 Å². The predicted octanol–water partition coefficient (Wildman–Crippen LogP) is 3.83. The van der Waals surface area contributed by atoms with E-state index in [4.69, 9.17) is 11.6 Å². The maximum atomic E-state index is 13.1. The topological polar surface area (TPSA) is 56.0 Å². The van der Waals surface area contributed by atoms with E-state index >= 15 is 0 Å². The lowest BCUT2D eigenvalue weighted by atomic mass is 10.2. The molecule has 0 atom stereocenters. The number of carbonyl (C=O) groups excluding carboxylic acids is 1. The second-order valence-corrected chi connectivity index (χ2v) is 7.69. The van der Waals surface area contributed by atoms with E-state index in [-0.39, 0.29) is 29.8 Å². The Morgan fingerprint density at radius 1 is 1.29 bits per heavy atom. The molecule has 1 aliphatic carbocycles. The minimum atomic E-state index is -4.61. The van der Waals surface area contributed by atoms with Crippen molar-refractivity contribution < 1.29 is 18.0 Å². The summed E-state index contributed by atoms with van der Waals surface area (Å²) in [5, 5.41) is 7.66. The number of aromatic nitrogens is 4. The van der Waals surface area contributed by atoms with Crippen LogP contribution in [0.3, 0.4) is 0 Å². The van der Waals surface area contributed by atoms with Crippen molar-refractivity contribution in [2.75, 3.05) is 7.05 Å². The van der Waals surface area contributed by atoms with Gasteiger partial charge in [-0.25, -0.2) is 0 Å². The van der Waals surface area contributed by atoms with E-state index in [9.17, 15) is 18.0 Å². The summed E-state index contributed by atoms with van der Waals surface area (Å²) < 4.78 is 42.4. The van der Waals surface area contributed by atoms with Crippen LogP contribution in [0.4, 0.5) is 13.2 Å². The molecule has 0 saturated heterocycles. The summed E-state index contributed by atoms with van der Waals surface area (Å²) in [4.78, 5) is 14.1. The van der Waals surface area contributed by atoms with Crippen molar-refractivity contribution in [3.05, 3.63) is 33.4 Å². The van der Waals surface area contributed by atoms with Crippen molar-refractivity contribution in [2.24, 2.45) is 7.05 Å². The average molecular weight is 418 g/mol. The van der Waals surface area contributed by atoms with Gasteiger partial charge < -0.3 is 4.90 Å². The van der Waals surface area contributed by atoms with Gasteiger partial charge in [0.2, 0.25) is 5.91 Å². The van der Waals surface area contributed by atoms with Gasteiger partial charge in [0.25, 0.3) is 0 Å². The van der Waals surface area contributed by atoms with Crippen LogP contribution in [0.25, 0.3) is 0 Å². The Kier molecular flexibility index (Phi) is 5.49. The summed E-state index contributed by atoms with van der Waals surface area (Å²) in [6.45, 7) is 4.27. The van der Waals surface area contributed by atoms with Gasteiger partial charge >= 0.3 is 6.18 Å². The Morgan fingerprint density at radius 2 is 1.93 bits per heavy atom. The maximum absolute atomic E-state index is 13.1. The smallest absolute Gasteiger partial charge is 0.341 e. The molecule has 10 heteroatoms. The van der Waals surface area contributed by atoms with Crippen molar-refractivity contribution in [2.45, 2.75) is 58.3 Å². The number of rotatable bonds is 6. The monoisotopic (exact) mass is 417 g/mol. The molecule has 0 aliphatic heterocycles. The molecule has 154 valence electrons. The van der Waals surface area contributed by atoms with Crippen LogP contribution in [-0.2, 0) is 31.1 Å². The molecule has 0 radical (unpaired) electrons. The lowest BCUT2D eigenvalue weighted by molar-refractivity contribution is -0.141. The highest BCUT2D eigenvalue weighted by atomic mass is 35.5. The first-order valence-electron chi connectivity index (χ1n) is 9.07. The highest BCUT2D eigenvalue weighted by molar-refractivity contribution is 6.32. The fraction of sp³-hybridized carbons (Fsp3) is 0.611. The molecule has 1 aliphatic rings. The number of aryl methyl sites for hydroxylation is 3. The zero-order chi connectivity index (χ0) is 20.8. The van der Waals surface area contributed by atoms with E-state index in [1.54, 1.807) is 16.6 Å². The molecule has 0 bridgehead atoms. The molecule has 1 saturated carbocycles. The molecule has 0 aromatic carbocycles. The summed E-state index contributed by atoms with van der Waals surface area (Å²) in [5.74, 6) is -0.186. The van der Waals surface area contributed by atoms with E-state index in [1.165, 1.54) is 4.68 Å². The van der Waals surface area contributed by atoms with E-state index in [1.807, 2.05) is 20.9 Å². The highest BCUT2D eigenvalue weighted by Crippen LogP contribution is 2.46. The molecular weight excluding hydrogens is 395 g/mol. The first kappa shape index (κ1) is 20.7. The predicted molar refractivity (Wildman–Crippen MR) is 98.0 cm³/mol. The van der Waals surface area contributed by atoms with Crippen LogP contribution in [0.15, 0.2) is 0 Å². The summed E-state index contributed by atoms with van der Waals surface area (Å²) in [5.41, 5.74) is 2.12. The number of hydrogen-bond donors (Lipinski definition) is 0. The van der Waals surface area contributed by atoms with E-state index in [2.05, 4.69) is 10.2 Å². The Bertz CT molecular complexity index is 898. The molecule has 2 aromatic rings. The SMILES string of the molecule is Cc1nn(C)c(C)c1CN(C)C(=O)CCn1nc(C(F)(F)F)c(Cl)c1C1CC1. The zero-order valence-electron chi connectivity index (χ0n) is 16.3. The normalized spacial score (nSPS) is 14.6. The maximum Gasteiger partial charge on any atom is 0.436 e. The molecule has 2 heterocycles. The van der Waals surface area contributed by atoms with Crippen molar-refractivity contribution in [3.8, 4) is 0 Å². The van der Waals surface area contributed by atoms with Crippen molar-refractivity contribution in [1.82, 2.24) is 24.5 Å². The van der Waals surface area contributed by atoms with Crippen LogP contribution >= 0.6 is 11.6 Å². The van der Waals surface area contributed by atoms with Gasteiger partial charge in [-0.2, -0.15) is 23.4 Å². The Balaban J connectivity index is 1.70. The summed E-state index contributed by atoms with van der Waals surface area (Å²) in [6, 6.07) is 0. The number of hydrogen-bond acceptors (Lipinski definition) is 3. The first-order chi connectivity index (χ1) is 13.0. The Hall–Kier alpha value is -2.03. The van der Waals surface area contributed by atoms with Gasteiger partial charge in [0.05, 0.1) is 23.0 Å². The zero-order valence-corrected chi connectivity index (χ0v) is 17.0. The van der Waals surface area contributed by atoms with Gasteiger partial charge in [-0.05, 0) is 26.7 Å². The third kappa shape index (κ3) is 4.04. The standard InChI is InChI=1S/C18H23ClF3N5O/c1-10-13(11(2)26(4)23-10)9-25(3)14(28)7-8-27-16(12-5-6-12)15(19)17(24-27)18(20,21)22/h12H,5-9H2,1-4H3. The Morgan fingerprint density at radius 3 is 2.43 bits per heavy atom.